The molecule has 0 fully saturated rings. The Morgan fingerprint density at radius 3 is 2.80 bits per heavy atom. The number of halogens is 2. The van der Waals surface area contributed by atoms with E-state index in [2.05, 4.69) is 20.9 Å². The maximum Gasteiger partial charge on any atom is 0.148 e. The van der Waals surface area contributed by atoms with Crippen LogP contribution in [0.15, 0.2) is 21.8 Å². The number of nitrogens with zero attached hydrogens (tertiary/aromatic N) is 1. The van der Waals surface area contributed by atoms with Crippen LogP contribution in [0.2, 0.25) is 5.02 Å². The van der Waals surface area contributed by atoms with Gasteiger partial charge in [-0.05, 0) is 22.0 Å². The van der Waals surface area contributed by atoms with Crippen molar-refractivity contribution in [3.8, 4) is 0 Å². The van der Waals surface area contributed by atoms with Gasteiger partial charge in [0.05, 0.1) is 10.8 Å². The van der Waals surface area contributed by atoms with Gasteiger partial charge in [0, 0.05) is 22.7 Å². The van der Waals surface area contributed by atoms with Gasteiger partial charge in [0.15, 0.2) is 0 Å². The van der Waals surface area contributed by atoms with E-state index in [1.807, 2.05) is 0 Å². The van der Waals surface area contributed by atoms with Gasteiger partial charge in [-0.1, -0.05) is 11.6 Å². The number of sulfone groups is 1. The largest absolute Gasteiger partial charge is 0.247 e. The standard InChI is InChI=1S/C8H9BrClNO2S2/c1-15(12,13)3-2-14-8-7(10)4-6(9)5-11-8/h4-5H,2-3H2,1H3. The first-order valence-corrected chi connectivity index (χ1v) is 8.22. The molecular weight excluding hydrogens is 322 g/mol. The molecule has 0 aliphatic heterocycles. The monoisotopic (exact) mass is 329 g/mol. The van der Waals surface area contributed by atoms with E-state index in [0.717, 1.165) is 4.47 Å². The Morgan fingerprint density at radius 1 is 1.60 bits per heavy atom. The second-order valence-electron chi connectivity index (χ2n) is 2.92. The number of rotatable bonds is 4. The summed E-state index contributed by atoms with van der Waals surface area (Å²) in [6.45, 7) is 0. The molecule has 0 amide bonds. The Kier molecular flexibility index (Phi) is 4.89. The molecule has 3 nitrogen and oxygen atoms in total. The first kappa shape index (κ1) is 13.3. The minimum Gasteiger partial charge on any atom is -0.247 e. The summed E-state index contributed by atoms with van der Waals surface area (Å²) in [5, 5.41) is 1.19. The lowest BCUT2D eigenvalue weighted by molar-refractivity contribution is 0.603. The van der Waals surface area contributed by atoms with Crippen molar-refractivity contribution in [2.24, 2.45) is 0 Å². The van der Waals surface area contributed by atoms with E-state index in [0.29, 0.717) is 15.8 Å². The molecule has 1 aromatic rings. The van der Waals surface area contributed by atoms with Gasteiger partial charge in [-0.2, -0.15) is 0 Å². The van der Waals surface area contributed by atoms with Crippen LogP contribution in [-0.4, -0.2) is 31.2 Å². The average molecular weight is 331 g/mol. The summed E-state index contributed by atoms with van der Waals surface area (Å²) in [5.74, 6) is 0.596. The smallest absolute Gasteiger partial charge is 0.148 e. The van der Waals surface area contributed by atoms with Crippen molar-refractivity contribution in [3.63, 3.8) is 0 Å². The van der Waals surface area contributed by atoms with Gasteiger partial charge in [0.2, 0.25) is 0 Å². The quantitative estimate of drug-likeness (QED) is 0.796. The van der Waals surface area contributed by atoms with Crippen LogP contribution in [0.5, 0.6) is 0 Å². The number of hydrogen-bond acceptors (Lipinski definition) is 4. The SMILES string of the molecule is CS(=O)(=O)CCSc1ncc(Br)cc1Cl. The highest BCUT2D eigenvalue weighted by Crippen LogP contribution is 2.27. The fraction of sp³-hybridized carbons (Fsp3) is 0.375. The first-order valence-electron chi connectivity index (χ1n) is 4.00. The maximum absolute atomic E-state index is 10.9. The van der Waals surface area contributed by atoms with Crippen molar-refractivity contribution in [2.75, 3.05) is 17.8 Å². The molecule has 0 aliphatic rings. The normalized spacial score (nSPS) is 11.7. The highest BCUT2D eigenvalue weighted by Gasteiger charge is 2.06. The molecule has 0 saturated carbocycles. The Morgan fingerprint density at radius 2 is 2.27 bits per heavy atom. The van der Waals surface area contributed by atoms with E-state index in [1.54, 1.807) is 12.3 Å². The fourth-order valence-electron chi connectivity index (χ4n) is 0.798. The molecule has 84 valence electrons. The van der Waals surface area contributed by atoms with Crippen LogP contribution in [-0.2, 0) is 9.84 Å². The van der Waals surface area contributed by atoms with Crippen LogP contribution in [0.25, 0.3) is 0 Å². The zero-order valence-corrected chi connectivity index (χ0v) is 11.9. The van der Waals surface area contributed by atoms with Crippen molar-refractivity contribution in [3.05, 3.63) is 21.8 Å². The summed E-state index contributed by atoms with van der Waals surface area (Å²) in [7, 11) is -2.92. The summed E-state index contributed by atoms with van der Waals surface area (Å²) in [5.41, 5.74) is 0. The molecule has 0 N–H and O–H groups in total. The third-order valence-corrected chi connectivity index (χ3v) is 4.51. The molecule has 0 spiro atoms. The zero-order chi connectivity index (χ0) is 11.5. The molecule has 0 aliphatic carbocycles. The van der Waals surface area contributed by atoms with Crippen molar-refractivity contribution in [1.29, 1.82) is 0 Å². The van der Waals surface area contributed by atoms with Gasteiger partial charge < -0.3 is 0 Å². The summed E-state index contributed by atoms with van der Waals surface area (Å²) in [4.78, 5) is 4.09. The van der Waals surface area contributed by atoms with E-state index in [1.165, 1.54) is 18.0 Å². The number of hydrogen-bond donors (Lipinski definition) is 0. The van der Waals surface area contributed by atoms with Crippen molar-refractivity contribution < 1.29 is 8.42 Å². The van der Waals surface area contributed by atoms with Crippen LogP contribution >= 0.6 is 39.3 Å². The molecule has 0 radical (unpaired) electrons. The predicted molar refractivity (Wildman–Crippen MR) is 67.4 cm³/mol. The Hall–Kier alpha value is 0.220. The topological polar surface area (TPSA) is 47.0 Å². The third kappa shape index (κ3) is 5.19. The fourth-order valence-corrected chi connectivity index (χ4v) is 3.65. The molecule has 0 saturated heterocycles. The van der Waals surface area contributed by atoms with E-state index in [-0.39, 0.29) is 5.75 Å². The lowest BCUT2D eigenvalue weighted by atomic mass is 10.5. The van der Waals surface area contributed by atoms with Gasteiger partial charge >= 0.3 is 0 Å². The summed E-state index contributed by atoms with van der Waals surface area (Å²) >= 11 is 10.5. The van der Waals surface area contributed by atoms with Crippen molar-refractivity contribution in [2.45, 2.75) is 5.03 Å². The van der Waals surface area contributed by atoms with Crippen LogP contribution in [0.1, 0.15) is 0 Å². The molecule has 15 heavy (non-hydrogen) atoms. The highest BCUT2D eigenvalue weighted by molar-refractivity contribution is 9.10. The van der Waals surface area contributed by atoms with E-state index in [9.17, 15) is 8.42 Å². The number of thioether (sulfide) groups is 1. The van der Waals surface area contributed by atoms with Gasteiger partial charge in [-0.25, -0.2) is 13.4 Å². The molecule has 0 bridgehead atoms. The minimum absolute atomic E-state index is 0.131. The number of aromatic nitrogens is 1. The van der Waals surface area contributed by atoms with Crippen molar-refractivity contribution in [1.82, 2.24) is 4.98 Å². The summed E-state index contributed by atoms with van der Waals surface area (Å²) in [6, 6.07) is 1.73. The Labute approximate surface area is 107 Å². The average Bonchev–Trinajstić information content (AvgIpc) is 2.07. The lowest BCUT2D eigenvalue weighted by Gasteiger charge is -2.02. The summed E-state index contributed by atoms with van der Waals surface area (Å²) in [6.07, 6.45) is 2.85. The van der Waals surface area contributed by atoms with Gasteiger partial charge in [0.25, 0.3) is 0 Å². The molecule has 1 heterocycles. The lowest BCUT2D eigenvalue weighted by Crippen LogP contribution is -2.05. The van der Waals surface area contributed by atoms with E-state index >= 15 is 0 Å². The maximum atomic E-state index is 10.9. The molecular formula is C8H9BrClNO2S2. The van der Waals surface area contributed by atoms with Crippen LogP contribution < -0.4 is 0 Å². The van der Waals surface area contributed by atoms with Crippen LogP contribution in [0.3, 0.4) is 0 Å². The molecule has 0 aromatic carbocycles. The molecule has 0 unspecified atom stereocenters. The summed E-state index contributed by atoms with van der Waals surface area (Å²) < 4.78 is 22.6. The van der Waals surface area contributed by atoms with Gasteiger partial charge in [0.1, 0.15) is 14.9 Å². The first-order chi connectivity index (χ1) is 6.88. The Bertz CT molecular complexity index is 450. The zero-order valence-electron chi connectivity index (χ0n) is 7.91. The van der Waals surface area contributed by atoms with Gasteiger partial charge in [-0.3, -0.25) is 0 Å². The third-order valence-electron chi connectivity index (χ3n) is 1.47. The number of pyridine rings is 1. The second-order valence-corrected chi connectivity index (χ2v) is 7.59. The van der Waals surface area contributed by atoms with Gasteiger partial charge in [-0.15, -0.1) is 11.8 Å². The Balaban J connectivity index is 2.59. The molecule has 1 rings (SSSR count). The molecule has 0 atom stereocenters. The molecule has 1 aromatic heterocycles. The van der Waals surface area contributed by atoms with Crippen LogP contribution in [0, 0.1) is 0 Å². The molecule has 7 heteroatoms. The predicted octanol–water partition coefficient (Wildman–Crippen LogP) is 2.63. The highest BCUT2D eigenvalue weighted by atomic mass is 79.9. The van der Waals surface area contributed by atoms with Crippen molar-refractivity contribution >= 4 is 49.1 Å². The van der Waals surface area contributed by atoms with E-state index < -0.39 is 9.84 Å². The minimum atomic E-state index is -2.92. The van der Waals surface area contributed by atoms with E-state index in [4.69, 9.17) is 11.6 Å². The van der Waals surface area contributed by atoms with Crippen LogP contribution in [0.4, 0.5) is 0 Å². The second kappa shape index (κ2) is 5.52.